The number of amides is 1. The van der Waals surface area contributed by atoms with E-state index in [0.29, 0.717) is 31.0 Å². The van der Waals surface area contributed by atoms with E-state index in [4.69, 9.17) is 4.74 Å². The van der Waals surface area contributed by atoms with Gasteiger partial charge in [0.15, 0.2) is 0 Å². The number of pyridine rings is 1. The number of hydrogen-bond acceptors (Lipinski definition) is 7. The number of ether oxygens (including phenoxy) is 1. The largest absolute Gasteiger partial charge is 0.507 e. The molecule has 0 aliphatic carbocycles. The first-order valence-corrected chi connectivity index (χ1v) is 10.9. The second-order valence-electron chi connectivity index (χ2n) is 8.25. The summed E-state index contributed by atoms with van der Waals surface area (Å²) in [7, 11) is 1.78. The molecule has 0 unspecified atom stereocenters. The Morgan fingerprint density at radius 2 is 1.84 bits per heavy atom. The molecule has 0 saturated carbocycles. The summed E-state index contributed by atoms with van der Waals surface area (Å²) in [4.78, 5) is 34.1. The van der Waals surface area contributed by atoms with Gasteiger partial charge in [-0.1, -0.05) is 0 Å². The van der Waals surface area contributed by atoms with Crippen LogP contribution in [-0.2, 0) is 21.4 Å². The van der Waals surface area contributed by atoms with Crippen LogP contribution < -0.4 is 0 Å². The van der Waals surface area contributed by atoms with E-state index in [0.717, 1.165) is 37.3 Å². The third-order valence-corrected chi connectivity index (χ3v) is 6.28. The number of Topliss-reactive ketones (excluding diaryl/α,β-unsaturated/α-hetero) is 1. The highest BCUT2D eigenvalue weighted by atomic mass is 16.5. The summed E-state index contributed by atoms with van der Waals surface area (Å²) in [6, 6.07) is 2.89. The molecule has 2 aliphatic heterocycles. The molecule has 1 N–H and O–H groups in total. The van der Waals surface area contributed by atoms with Crippen molar-refractivity contribution < 1.29 is 19.4 Å². The van der Waals surface area contributed by atoms with E-state index < -0.39 is 17.7 Å². The number of morpholine rings is 1. The Balaban J connectivity index is 1.69. The Bertz CT molecular complexity index is 1040. The maximum absolute atomic E-state index is 13.1. The molecule has 4 heterocycles. The predicted molar refractivity (Wildman–Crippen MR) is 118 cm³/mol. The van der Waals surface area contributed by atoms with E-state index in [1.54, 1.807) is 48.1 Å². The molecule has 0 radical (unpaired) electrons. The molecule has 9 nitrogen and oxygen atoms in total. The quantitative estimate of drug-likeness (QED) is 0.414. The first kappa shape index (κ1) is 22.2. The third-order valence-electron chi connectivity index (χ3n) is 6.28. The number of aliphatic hydroxyl groups excluding tert-OH is 1. The first-order chi connectivity index (χ1) is 15.4. The molecule has 0 aromatic carbocycles. The Labute approximate surface area is 187 Å². The van der Waals surface area contributed by atoms with Crippen molar-refractivity contribution in [3.63, 3.8) is 0 Å². The van der Waals surface area contributed by atoms with Gasteiger partial charge in [0.1, 0.15) is 5.76 Å². The minimum atomic E-state index is -0.668. The van der Waals surface area contributed by atoms with Crippen molar-refractivity contribution in [2.24, 2.45) is 7.05 Å². The van der Waals surface area contributed by atoms with Gasteiger partial charge in [0.2, 0.25) is 0 Å². The van der Waals surface area contributed by atoms with Gasteiger partial charge < -0.3 is 14.7 Å². The summed E-state index contributed by atoms with van der Waals surface area (Å²) in [5, 5.41) is 15.6. The SMILES string of the molecule is Cc1nn(C)c(C)c1C(O)=C1C(=O)C(=O)N(CCCN2CCOCC2)[C@H]1c1ccncc1. The fourth-order valence-electron chi connectivity index (χ4n) is 4.54. The van der Waals surface area contributed by atoms with Crippen LogP contribution in [0.4, 0.5) is 0 Å². The Hall–Kier alpha value is -3.04. The normalized spacial score (nSPS) is 21.5. The van der Waals surface area contributed by atoms with E-state index in [1.165, 1.54) is 0 Å². The fraction of sp³-hybridized carbons (Fsp3) is 0.478. The molecule has 32 heavy (non-hydrogen) atoms. The number of aliphatic hydroxyl groups is 1. The lowest BCUT2D eigenvalue weighted by molar-refractivity contribution is -0.140. The zero-order chi connectivity index (χ0) is 22.8. The number of ketones is 1. The smallest absolute Gasteiger partial charge is 0.295 e. The van der Waals surface area contributed by atoms with Crippen LogP contribution in [0.25, 0.3) is 5.76 Å². The van der Waals surface area contributed by atoms with Crippen LogP contribution in [-0.4, -0.2) is 80.8 Å². The maximum atomic E-state index is 13.1. The van der Waals surface area contributed by atoms with Crippen molar-refractivity contribution in [3.05, 3.63) is 52.6 Å². The average molecular weight is 440 g/mol. The van der Waals surface area contributed by atoms with E-state index in [1.807, 2.05) is 6.92 Å². The van der Waals surface area contributed by atoms with Crippen LogP contribution in [0.2, 0.25) is 0 Å². The lowest BCUT2D eigenvalue weighted by Crippen LogP contribution is -2.38. The minimum Gasteiger partial charge on any atom is -0.507 e. The number of aryl methyl sites for hydroxylation is 2. The zero-order valence-electron chi connectivity index (χ0n) is 18.7. The van der Waals surface area contributed by atoms with Gasteiger partial charge in [-0.25, -0.2) is 0 Å². The van der Waals surface area contributed by atoms with E-state index in [9.17, 15) is 14.7 Å². The molecule has 170 valence electrons. The summed E-state index contributed by atoms with van der Waals surface area (Å²) in [5.74, 6) is -1.43. The van der Waals surface area contributed by atoms with Crippen LogP contribution in [0.15, 0.2) is 30.1 Å². The van der Waals surface area contributed by atoms with Crippen molar-refractivity contribution >= 4 is 17.4 Å². The van der Waals surface area contributed by atoms with E-state index in [-0.39, 0.29) is 11.3 Å². The number of likely N-dealkylation sites (tertiary alicyclic amines) is 1. The standard InChI is InChI=1S/C23H29N5O4/c1-15-18(16(2)26(3)25-15)21(29)19-20(17-5-7-24-8-6-17)28(23(31)22(19)30)10-4-9-27-11-13-32-14-12-27/h5-8,20,29H,4,9-14H2,1-3H3/t20-/m0/s1. The third kappa shape index (κ3) is 4.05. The Morgan fingerprint density at radius 1 is 1.16 bits per heavy atom. The average Bonchev–Trinajstić information content (AvgIpc) is 3.20. The lowest BCUT2D eigenvalue weighted by atomic mass is 9.95. The molecule has 9 heteroatoms. The second kappa shape index (κ2) is 9.22. The molecule has 2 aromatic rings. The summed E-state index contributed by atoms with van der Waals surface area (Å²) < 4.78 is 7.05. The highest BCUT2D eigenvalue weighted by molar-refractivity contribution is 6.46. The number of carbonyl (C=O) groups is 2. The molecular formula is C23H29N5O4. The van der Waals surface area contributed by atoms with Gasteiger partial charge in [-0.15, -0.1) is 0 Å². The molecule has 2 fully saturated rings. The van der Waals surface area contributed by atoms with Gasteiger partial charge in [-0.05, 0) is 38.0 Å². The number of hydrogen-bond donors (Lipinski definition) is 1. The van der Waals surface area contributed by atoms with Gasteiger partial charge in [-0.3, -0.25) is 24.2 Å². The molecule has 2 saturated heterocycles. The molecule has 2 aliphatic rings. The molecule has 0 spiro atoms. The van der Waals surface area contributed by atoms with Crippen LogP contribution in [0.1, 0.15) is 35.0 Å². The van der Waals surface area contributed by atoms with Gasteiger partial charge in [0.25, 0.3) is 11.7 Å². The molecular weight excluding hydrogens is 410 g/mol. The van der Waals surface area contributed by atoms with Crippen molar-refractivity contribution in [2.75, 3.05) is 39.4 Å². The number of carbonyl (C=O) groups excluding carboxylic acids is 2. The van der Waals surface area contributed by atoms with Gasteiger partial charge in [-0.2, -0.15) is 5.10 Å². The molecule has 2 aromatic heterocycles. The van der Waals surface area contributed by atoms with Crippen LogP contribution in [0, 0.1) is 13.8 Å². The van der Waals surface area contributed by atoms with Crippen molar-refractivity contribution in [1.29, 1.82) is 0 Å². The minimum absolute atomic E-state index is 0.103. The molecule has 0 bridgehead atoms. The molecule has 1 atom stereocenters. The number of rotatable bonds is 6. The van der Waals surface area contributed by atoms with Gasteiger partial charge in [0.05, 0.1) is 36.1 Å². The van der Waals surface area contributed by atoms with Crippen LogP contribution in [0.3, 0.4) is 0 Å². The monoisotopic (exact) mass is 439 g/mol. The topological polar surface area (TPSA) is 101 Å². The van der Waals surface area contributed by atoms with Crippen molar-refractivity contribution in [3.8, 4) is 0 Å². The molecule has 4 rings (SSSR count). The van der Waals surface area contributed by atoms with Crippen LogP contribution in [0.5, 0.6) is 0 Å². The van der Waals surface area contributed by atoms with E-state index >= 15 is 0 Å². The highest BCUT2D eigenvalue weighted by Gasteiger charge is 2.46. The maximum Gasteiger partial charge on any atom is 0.295 e. The lowest BCUT2D eigenvalue weighted by Gasteiger charge is -2.29. The van der Waals surface area contributed by atoms with Crippen LogP contribution >= 0.6 is 0 Å². The number of aromatic nitrogens is 3. The number of nitrogens with zero attached hydrogens (tertiary/aromatic N) is 5. The summed E-state index contributed by atoms with van der Waals surface area (Å²) in [5.41, 5.74) is 2.68. The highest BCUT2D eigenvalue weighted by Crippen LogP contribution is 2.40. The second-order valence-corrected chi connectivity index (χ2v) is 8.25. The summed E-state index contributed by atoms with van der Waals surface area (Å²) in [6.45, 7) is 8.00. The Morgan fingerprint density at radius 3 is 2.47 bits per heavy atom. The fourth-order valence-corrected chi connectivity index (χ4v) is 4.54. The summed E-state index contributed by atoms with van der Waals surface area (Å²) >= 11 is 0. The Kier molecular flexibility index (Phi) is 6.38. The predicted octanol–water partition coefficient (Wildman–Crippen LogP) is 1.58. The van der Waals surface area contributed by atoms with Gasteiger partial charge in [0, 0.05) is 51.3 Å². The molecule has 1 amide bonds. The van der Waals surface area contributed by atoms with Crippen molar-refractivity contribution in [1.82, 2.24) is 24.6 Å². The zero-order valence-corrected chi connectivity index (χ0v) is 18.7. The first-order valence-electron chi connectivity index (χ1n) is 10.9. The van der Waals surface area contributed by atoms with Gasteiger partial charge >= 0.3 is 0 Å². The summed E-state index contributed by atoms with van der Waals surface area (Å²) in [6.07, 6.45) is 3.98. The van der Waals surface area contributed by atoms with E-state index in [2.05, 4.69) is 15.0 Å². The van der Waals surface area contributed by atoms with Crippen molar-refractivity contribution in [2.45, 2.75) is 26.3 Å².